The van der Waals surface area contributed by atoms with Gasteiger partial charge in [0, 0.05) is 12.6 Å². The van der Waals surface area contributed by atoms with Crippen molar-refractivity contribution in [3.8, 4) is 22.9 Å². The number of benzene rings is 1. The molecule has 0 bridgehead atoms. The van der Waals surface area contributed by atoms with Crippen LogP contribution in [0.15, 0.2) is 24.3 Å². The van der Waals surface area contributed by atoms with Gasteiger partial charge in [-0.15, -0.1) is 10.2 Å². The summed E-state index contributed by atoms with van der Waals surface area (Å²) in [7, 11) is 3.19. The summed E-state index contributed by atoms with van der Waals surface area (Å²) in [5, 5.41) is 8.06. The van der Waals surface area contributed by atoms with Crippen molar-refractivity contribution in [1.29, 1.82) is 0 Å². The van der Waals surface area contributed by atoms with Crippen molar-refractivity contribution in [2.45, 2.75) is 13.0 Å². The van der Waals surface area contributed by atoms with Crippen molar-refractivity contribution in [3.05, 3.63) is 35.7 Å². The van der Waals surface area contributed by atoms with Crippen LogP contribution in [0.2, 0.25) is 0 Å². The summed E-state index contributed by atoms with van der Waals surface area (Å²) < 4.78 is 12.5. The van der Waals surface area contributed by atoms with Crippen LogP contribution in [0.25, 0.3) is 11.4 Å². The third-order valence-electron chi connectivity index (χ3n) is 3.60. The van der Waals surface area contributed by atoms with Crippen molar-refractivity contribution in [2.24, 2.45) is 5.73 Å². The van der Waals surface area contributed by atoms with Crippen LogP contribution >= 0.6 is 0 Å². The van der Waals surface area contributed by atoms with Gasteiger partial charge in [-0.25, -0.2) is 0 Å². The standard InChI is InChI=1S/C15H16N4O3/c1-21-10-7-9-5-3-4-6-19-14(12(9)11(8-10)22-2)17-18-15(19)13(16)20/h3-4,7-8H,5-6H2,1-2H3,(H2,16,20). The Kier molecular flexibility index (Phi) is 3.54. The van der Waals surface area contributed by atoms with E-state index in [1.807, 2.05) is 18.2 Å². The third-order valence-corrected chi connectivity index (χ3v) is 3.60. The predicted molar refractivity (Wildman–Crippen MR) is 79.9 cm³/mol. The summed E-state index contributed by atoms with van der Waals surface area (Å²) in [5.41, 5.74) is 7.15. The van der Waals surface area contributed by atoms with Crippen LogP contribution in [0.3, 0.4) is 0 Å². The van der Waals surface area contributed by atoms with Gasteiger partial charge in [0.15, 0.2) is 5.82 Å². The molecule has 2 aromatic rings. The Labute approximate surface area is 127 Å². The molecule has 3 rings (SSSR count). The van der Waals surface area contributed by atoms with Gasteiger partial charge in [-0.1, -0.05) is 12.2 Å². The van der Waals surface area contributed by atoms with E-state index >= 15 is 0 Å². The molecule has 0 atom stereocenters. The molecule has 2 heterocycles. The number of carbonyl (C=O) groups excluding carboxylic acids is 1. The number of hydrogen-bond acceptors (Lipinski definition) is 5. The number of ether oxygens (including phenoxy) is 2. The normalized spacial score (nSPS) is 12.8. The molecule has 1 aliphatic rings. The van der Waals surface area contributed by atoms with E-state index in [-0.39, 0.29) is 5.82 Å². The molecule has 0 aliphatic carbocycles. The zero-order valence-corrected chi connectivity index (χ0v) is 12.4. The average molecular weight is 300 g/mol. The van der Waals surface area contributed by atoms with E-state index in [2.05, 4.69) is 10.2 Å². The van der Waals surface area contributed by atoms with Gasteiger partial charge in [0.25, 0.3) is 5.91 Å². The molecule has 0 saturated carbocycles. The number of allylic oxidation sites excluding steroid dienone is 2. The number of hydrogen-bond donors (Lipinski definition) is 1. The minimum atomic E-state index is -0.609. The van der Waals surface area contributed by atoms with Crippen LogP contribution in [-0.2, 0) is 13.0 Å². The van der Waals surface area contributed by atoms with Crippen molar-refractivity contribution in [1.82, 2.24) is 14.8 Å². The summed E-state index contributed by atoms with van der Waals surface area (Å²) in [6.45, 7) is 0.481. The summed E-state index contributed by atoms with van der Waals surface area (Å²) >= 11 is 0. The second kappa shape index (κ2) is 5.51. The smallest absolute Gasteiger partial charge is 0.286 e. The number of fused-ring (bicyclic) bond motifs is 3. The van der Waals surface area contributed by atoms with Crippen LogP contribution in [0.4, 0.5) is 0 Å². The van der Waals surface area contributed by atoms with E-state index < -0.39 is 5.91 Å². The summed E-state index contributed by atoms with van der Waals surface area (Å²) in [4.78, 5) is 11.5. The minimum absolute atomic E-state index is 0.130. The quantitative estimate of drug-likeness (QED) is 0.859. The van der Waals surface area contributed by atoms with Crippen LogP contribution in [0.5, 0.6) is 11.5 Å². The second-order valence-electron chi connectivity index (χ2n) is 4.86. The van der Waals surface area contributed by atoms with E-state index in [0.29, 0.717) is 30.3 Å². The lowest BCUT2D eigenvalue weighted by molar-refractivity contribution is 0.0986. The molecule has 2 N–H and O–H groups in total. The molecule has 7 heteroatoms. The van der Waals surface area contributed by atoms with Crippen LogP contribution in [0, 0.1) is 0 Å². The molecule has 0 unspecified atom stereocenters. The maximum atomic E-state index is 11.5. The number of nitrogens with zero attached hydrogens (tertiary/aromatic N) is 3. The van der Waals surface area contributed by atoms with Crippen molar-refractivity contribution >= 4 is 5.91 Å². The number of aromatic nitrogens is 3. The SMILES string of the molecule is COc1cc2c(c(OC)c1)-c1nnc(C(N)=O)n1CC=CC2. The van der Waals surface area contributed by atoms with Gasteiger partial charge in [-0.3, -0.25) is 9.36 Å². The van der Waals surface area contributed by atoms with Gasteiger partial charge in [0.05, 0.1) is 19.8 Å². The van der Waals surface area contributed by atoms with Gasteiger partial charge in [0.1, 0.15) is 11.5 Å². The Morgan fingerprint density at radius 1 is 1.23 bits per heavy atom. The Balaban J connectivity index is 2.30. The topological polar surface area (TPSA) is 92.3 Å². The second-order valence-corrected chi connectivity index (χ2v) is 4.86. The van der Waals surface area contributed by atoms with Gasteiger partial charge in [-0.05, 0) is 18.1 Å². The first-order valence-corrected chi connectivity index (χ1v) is 6.79. The van der Waals surface area contributed by atoms with Gasteiger partial charge in [0.2, 0.25) is 5.82 Å². The number of nitrogens with two attached hydrogens (primary N) is 1. The molecule has 0 fully saturated rings. The monoisotopic (exact) mass is 300 g/mol. The Bertz CT molecular complexity index is 764. The molecule has 1 aromatic heterocycles. The van der Waals surface area contributed by atoms with Gasteiger partial charge >= 0.3 is 0 Å². The fraction of sp³-hybridized carbons (Fsp3) is 0.267. The lowest BCUT2D eigenvalue weighted by atomic mass is 10.0. The zero-order chi connectivity index (χ0) is 15.7. The summed E-state index contributed by atoms with van der Waals surface area (Å²) in [6.07, 6.45) is 4.68. The molecule has 7 nitrogen and oxygen atoms in total. The maximum absolute atomic E-state index is 11.5. The number of primary amides is 1. The number of methoxy groups -OCH3 is 2. The van der Waals surface area contributed by atoms with Crippen LogP contribution < -0.4 is 15.2 Å². The fourth-order valence-electron chi connectivity index (χ4n) is 2.57. The van der Waals surface area contributed by atoms with Gasteiger partial charge in [-0.2, -0.15) is 0 Å². The minimum Gasteiger partial charge on any atom is -0.497 e. The molecule has 1 aromatic carbocycles. The number of rotatable bonds is 3. The predicted octanol–water partition coefficient (Wildman–Crippen LogP) is 1.17. The highest BCUT2D eigenvalue weighted by Gasteiger charge is 2.23. The highest BCUT2D eigenvalue weighted by Crippen LogP contribution is 2.37. The number of carbonyl (C=O) groups is 1. The molecule has 0 saturated heterocycles. The molecule has 0 radical (unpaired) electrons. The van der Waals surface area contributed by atoms with E-state index in [0.717, 1.165) is 11.1 Å². The summed E-state index contributed by atoms with van der Waals surface area (Å²) in [6, 6.07) is 3.71. The first kappa shape index (κ1) is 14.1. The molecule has 114 valence electrons. The van der Waals surface area contributed by atoms with Crippen molar-refractivity contribution in [2.75, 3.05) is 14.2 Å². The van der Waals surface area contributed by atoms with E-state index in [9.17, 15) is 4.79 Å². The molecular formula is C15H16N4O3. The number of amides is 1. The Morgan fingerprint density at radius 2 is 2.05 bits per heavy atom. The van der Waals surface area contributed by atoms with Crippen molar-refractivity contribution in [3.63, 3.8) is 0 Å². The zero-order valence-electron chi connectivity index (χ0n) is 12.4. The average Bonchev–Trinajstić information content (AvgIpc) is 2.91. The molecule has 0 spiro atoms. The molecular weight excluding hydrogens is 284 g/mol. The maximum Gasteiger partial charge on any atom is 0.286 e. The first-order chi connectivity index (χ1) is 10.7. The molecule has 1 aliphatic heterocycles. The fourth-order valence-corrected chi connectivity index (χ4v) is 2.57. The highest BCUT2D eigenvalue weighted by molar-refractivity contribution is 5.90. The first-order valence-electron chi connectivity index (χ1n) is 6.79. The van der Waals surface area contributed by atoms with Crippen LogP contribution in [-0.4, -0.2) is 34.9 Å². The van der Waals surface area contributed by atoms with E-state index in [1.54, 1.807) is 24.9 Å². The Hall–Kier alpha value is -2.83. The lowest BCUT2D eigenvalue weighted by Gasteiger charge is -2.17. The summed E-state index contributed by atoms with van der Waals surface area (Å²) in [5.74, 6) is 1.40. The van der Waals surface area contributed by atoms with E-state index in [4.69, 9.17) is 15.2 Å². The van der Waals surface area contributed by atoms with E-state index in [1.165, 1.54) is 0 Å². The molecule has 22 heavy (non-hydrogen) atoms. The Morgan fingerprint density at radius 3 is 2.73 bits per heavy atom. The van der Waals surface area contributed by atoms with Crippen LogP contribution in [0.1, 0.15) is 16.2 Å². The molecule has 1 amide bonds. The van der Waals surface area contributed by atoms with Crippen molar-refractivity contribution < 1.29 is 14.3 Å². The lowest BCUT2D eigenvalue weighted by Crippen LogP contribution is -2.19. The van der Waals surface area contributed by atoms with Gasteiger partial charge < -0.3 is 15.2 Å². The third kappa shape index (κ3) is 2.20. The largest absolute Gasteiger partial charge is 0.497 e. The highest BCUT2D eigenvalue weighted by atomic mass is 16.5.